The molecular weight excluding hydrogens is 474 g/mol. The van der Waals surface area contributed by atoms with Crippen LogP contribution in [0, 0.1) is 0 Å². The van der Waals surface area contributed by atoms with Gasteiger partial charge in [-0.2, -0.15) is 5.10 Å². The Balaban J connectivity index is 0.00000104. The molecule has 1 aromatic heterocycles. The van der Waals surface area contributed by atoms with E-state index in [0.717, 1.165) is 36.8 Å². The van der Waals surface area contributed by atoms with E-state index in [0.29, 0.717) is 13.2 Å². The van der Waals surface area contributed by atoms with Crippen molar-refractivity contribution in [3.63, 3.8) is 0 Å². The number of aromatic nitrogens is 2. The zero-order valence-corrected chi connectivity index (χ0v) is 24.1. The van der Waals surface area contributed by atoms with Crippen LogP contribution in [0.3, 0.4) is 0 Å². The highest BCUT2D eigenvalue weighted by Crippen LogP contribution is 2.40. The van der Waals surface area contributed by atoms with Crippen LogP contribution >= 0.6 is 0 Å². The lowest BCUT2D eigenvalue weighted by Gasteiger charge is -2.39. The van der Waals surface area contributed by atoms with Gasteiger partial charge in [0.1, 0.15) is 17.0 Å². The molecular formula is C23H43N3O6SSi. The first-order valence-electron chi connectivity index (χ1n) is 11.6. The number of hydrogen-bond acceptors (Lipinski definition) is 8. The number of hydrogen-bond donors (Lipinski definition) is 1. The summed E-state index contributed by atoms with van der Waals surface area (Å²) in [5.74, 6) is -0.569. The van der Waals surface area contributed by atoms with E-state index in [-0.39, 0.29) is 18.4 Å². The fraction of sp³-hybridized carbons (Fsp3) is 0.783. The second-order valence-electron chi connectivity index (χ2n) is 10.7. The van der Waals surface area contributed by atoms with E-state index >= 15 is 0 Å². The van der Waals surface area contributed by atoms with Gasteiger partial charge in [-0.25, -0.2) is 4.68 Å². The van der Waals surface area contributed by atoms with E-state index in [1.165, 1.54) is 21.1 Å². The predicted molar refractivity (Wildman–Crippen MR) is 136 cm³/mol. The van der Waals surface area contributed by atoms with Gasteiger partial charge in [0.25, 0.3) is 0 Å². The van der Waals surface area contributed by atoms with Crippen molar-refractivity contribution < 1.29 is 28.4 Å². The van der Waals surface area contributed by atoms with Crippen LogP contribution in [-0.4, -0.2) is 59.9 Å². The Kier molecular flexibility index (Phi) is 11.8. The van der Waals surface area contributed by atoms with Gasteiger partial charge >= 0.3 is 11.9 Å². The highest BCUT2D eigenvalue weighted by atomic mass is 32.2. The second-order valence-corrected chi connectivity index (χ2v) is 18.3. The lowest BCUT2D eigenvalue weighted by atomic mass is 9.78. The first kappa shape index (κ1) is 30.6. The first-order valence-corrected chi connectivity index (χ1v) is 16.4. The minimum absolute atomic E-state index is 0.125. The molecule has 0 bridgehead atoms. The van der Waals surface area contributed by atoms with Crippen molar-refractivity contribution in [1.82, 2.24) is 14.5 Å². The Morgan fingerprint density at radius 2 is 1.88 bits per heavy atom. The maximum Gasteiger partial charge on any atom is 0.307 e. The van der Waals surface area contributed by atoms with Crippen molar-refractivity contribution in [2.75, 3.05) is 20.8 Å². The van der Waals surface area contributed by atoms with Gasteiger partial charge in [0, 0.05) is 44.2 Å². The fourth-order valence-electron chi connectivity index (χ4n) is 3.38. The summed E-state index contributed by atoms with van der Waals surface area (Å²) in [6.45, 7) is 15.2. The normalized spacial score (nSPS) is 18.9. The predicted octanol–water partition coefficient (Wildman–Crippen LogP) is 3.52. The van der Waals surface area contributed by atoms with Crippen molar-refractivity contribution in [2.24, 2.45) is 0 Å². The summed E-state index contributed by atoms with van der Waals surface area (Å²) in [4.78, 5) is 21.8. The SMILES string of the molecule is COC(=O)C[C@@]1(N[S+]([O-])C(C)(C)C)CCCc2c1cnn2COCC[Si](C)(C)C.COC(C)=O. The fourth-order valence-corrected chi connectivity index (χ4v) is 5.08. The van der Waals surface area contributed by atoms with Gasteiger partial charge in [-0.15, -0.1) is 4.72 Å². The molecule has 1 aliphatic rings. The van der Waals surface area contributed by atoms with Gasteiger partial charge in [-0.05, 0) is 46.1 Å². The molecule has 9 nitrogen and oxygen atoms in total. The average molecular weight is 518 g/mol. The van der Waals surface area contributed by atoms with E-state index in [4.69, 9.17) is 9.47 Å². The van der Waals surface area contributed by atoms with E-state index in [2.05, 4.69) is 34.2 Å². The maximum atomic E-state index is 12.9. The monoisotopic (exact) mass is 517 g/mol. The summed E-state index contributed by atoms with van der Waals surface area (Å²) in [7, 11) is 1.60. The van der Waals surface area contributed by atoms with Gasteiger partial charge in [-0.3, -0.25) is 9.59 Å². The summed E-state index contributed by atoms with van der Waals surface area (Å²) < 4.78 is 32.6. The molecule has 0 amide bonds. The third kappa shape index (κ3) is 9.69. The van der Waals surface area contributed by atoms with Gasteiger partial charge < -0.3 is 18.8 Å². The van der Waals surface area contributed by atoms with Crippen LogP contribution in [0.2, 0.25) is 25.7 Å². The molecule has 1 aliphatic carbocycles. The summed E-state index contributed by atoms with van der Waals surface area (Å²) in [5, 5.41) is 4.54. The van der Waals surface area contributed by atoms with Crippen LogP contribution in [0.15, 0.2) is 6.20 Å². The molecule has 2 rings (SSSR count). The third-order valence-corrected chi connectivity index (χ3v) is 8.89. The van der Waals surface area contributed by atoms with Gasteiger partial charge in [0.05, 0.1) is 26.8 Å². The number of nitrogens with one attached hydrogen (secondary N) is 1. The van der Waals surface area contributed by atoms with Gasteiger partial charge in [0.15, 0.2) is 0 Å². The molecule has 0 saturated carbocycles. The van der Waals surface area contributed by atoms with Crippen molar-refractivity contribution in [1.29, 1.82) is 0 Å². The Morgan fingerprint density at radius 3 is 2.38 bits per heavy atom. The number of methoxy groups -OCH3 is 2. The summed E-state index contributed by atoms with van der Waals surface area (Å²) in [6, 6.07) is 1.11. The van der Waals surface area contributed by atoms with Gasteiger partial charge in [0.2, 0.25) is 0 Å². The minimum atomic E-state index is -1.33. The minimum Gasteiger partial charge on any atom is -0.598 e. The molecule has 0 saturated heterocycles. The topological polar surface area (TPSA) is 115 Å². The van der Waals surface area contributed by atoms with Crippen LogP contribution < -0.4 is 4.72 Å². The van der Waals surface area contributed by atoms with Crippen molar-refractivity contribution >= 4 is 31.4 Å². The molecule has 0 aliphatic heterocycles. The second kappa shape index (κ2) is 13.1. The smallest absolute Gasteiger partial charge is 0.307 e. The van der Waals surface area contributed by atoms with Crippen LogP contribution in [0.1, 0.15) is 58.2 Å². The Bertz CT molecular complexity index is 806. The molecule has 1 N–H and O–H groups in total. The molecule has 1 heterocycles. The lowest BCUT2D eigenvalue weighted by Crippen LogP contribution is -2.53. The van der Waals surface area contributed by atoms with E-state index in [1.807, 2.05) is 25.5 Å². The zero-order chi connectivity index (χ0) is 26.2. The molecule has 0 radical (unpaired) electrons. The number of carbonyl (C=O) groups excluding carboxylic acids is 2. The van der Waals surface area contributed by atoms with Crippen molar-refractivity contribution in [3.05, 3.63) is 17.5 Å². The van der Waals surface area contributed by atoms with E-state index in [9.17, 15) is 14.1 Å². The van der Waals surface area contributed by atoms with Crippen molar-refractivity contribution in [3.8, 4) is 0 Å². The Labute approximate surface area is 208 Å². The van der Waals surface area contributed by atoms with E-state index in [1.54, 1.807) is 6.20 Å². The molecule has 1 unspecified atom stereocenters. The summed E-state index contributed by atoms with van der Waals surface area (Å²) in [5.41, 5.74) is 1.24. The van der Waals surface area contributed by atoms with Crippen LogP contribution in [-0.2, 0) is 53.9 Å². The number of ether oxygens (including phenoxy) is 3. The largest absolute Gasteiger partial charge is 0.598 e. The number of nitrogens with zero attached hydrogens (tertiary/aromatic N) is 2. The van der Waals surface area contributed by atoms with E-state index < -0.39 is 29.7 Å². The van der Waals surface area contributed by atoms with Gasteiger partial charge in [-0.1, -0.05) is 19.6 Å². The molecule has 196 valence electrons. The highest BCUT2D eigenvalue weighted by molar-refractivity contribution is 7.90. The Hall–Kier alpha value is -1.40. The number of carbonyl (C=O) groups is 2. The number of fused-ring (bicyclic) bond motifs is 1. The van der Waals surface area contributed by atoms with Crippen molar-refractivity contribution in [2.45, 2.75) is 96.1 Å². The maximum absolute atomic E-state index is 12.9. The summed E-state index contributed by atoms with van der Waals surface area (Å²) >= 11 is -1.33. The lowest BCUT2D eigenvalue weighted by molar-refractivity contribution is -0.142. The first-order chi connectivity index (χ1) is 15.6. The zero-order valence-electron chi connectivity index (χ0n) is 22.3. The molecule has 1 aromatic rings. The Morgan fingerprint density at radius 1 is 1.26 bits per heavy atom. The molecule has 0 spiro atoms. The van der Waals surface area contributed by atoms with Crippen LogP contribution in [0.5, 0.6) is 0 Å². The third-order valence-electron chi connectivity index (χ3n) is 5.50. The summed E-state index contributed by atoms with van der Waals surface area (Å²) in [6.07, 6.45) is 4.37. The molecule has 34 heavy (non-hydrogen) atoms. The standard InChI is InChI=1S/C20H37N3O4SSi.C3H6O2/c1-19(2,3)28(25)22-20(13-18(24)26-4)10-8-9-17-16(20)14-21-23(17)15-27-11-12-29(5,6)7;1-3(4)5-2/h14,22H,8-13,15H2,1-7H3;1-2H3/t20-,28?;/m0./s1. The molecule has 11 heteroatoms. The number of rotatable bonds is 9. The molecule has 2 atom stereocenters. The quantitative estimate of drug-likeness (QED) is 0.229. The van der Waals surface area contributed by atoms with Crippen LogP contribution in [0.25, 0.3) is 0 Å². The molecule has 0 aromatic carbocycles. The number of esters is 2. The molecule has 0 fully saturated rings. The average Bonchev–Trinajstić information content (AvgIpc) is 3.14. The van der Waals surface area contributed by atoms with Crippen LogP contribution in [0.4, 0.5) is 0 Å². The highest BCUT2D eigenvalue weighted by Gasteiger charge is 2.46.